The molecule has 0 atom stereocenters. The van der Waals surface area contributed by atoms with Crippen molar-refractivity contribution in [2.75, 3.05) is 45.9 Å². The molecule has 0 unspecified atom stereocenters. The summed E-state index contributed by atoms with van der Waals surface area (Å²) in [5, 5.41) is 0.632. The van der Waals surface area contributed by atoms with Gasteiger partial charge in [-0.05, 0) is 35.9 Å². The van der Waals surface area contributed by atoms with E-state index in [1.54, 1.807) is 0 Å². The Kier molecular flexibility index (Phi) is 5.50. The summed E-state index contributed by atoms with van der Waals surface area (Å²) in [7, 11) is 0. The van der Waals surface area contributed by atoms with Crippen LogP contribution < -0.4 is 9.47 Å². The van der Waals surface area contributed by atoms with Gasteiger partial charge in [0.05, 0.1) is 11.6 Å². The van der Waals surface area contributed by atoms with Gasteiger partial charge in [-0.3, -0.25) is 9.69 Å². The lowest BCUT2D eigenvalue weighted by molar-refractivity contribution is 0.0620. The van der Waals surface area contributed by atoms with Gasteiger partial charge in [0.15, 0.2) is 0 Å². The highest BCUT2D eigenvalue weighted by atomic mass is 35.5. The summed E-state index contributed by atoms with van der Waals surface area (Å²) < 4.78 is 11.3. The number of benzene rings is 2. The minimum Gasteiger partial charge on any atom is -0.493 e. The number of fused-ring (bicyclic) bond motifs is 1. The van der Waals surface area contributed by atoms with Gasteiger partial charge in [0, 0.05) is 44.7 Å². The van der Waals surface area contributed by atoms with Crippen molar-refractivity contribution in [1.82, 2.24) is 9.80 Å². The summed E-state index contributed by atoms with van der Waals surface area (Å²) >= 11 is 6.10. The number of amides is 1. The molecule has 2 aliphatic rings. The van der Waals surface area contributed by atoms with Gasteiger partial charge in [0.2, 0.25) is 0 Å². The third kappa shape index (κ3) is 4.20. The van der Waals surface area contributed by atoms with Gasteiger partial charge in [-0.15, -0.1) is 0 Å². The second-order valence-electron chi connectivity index (χ2n) is 6.83. The number of carbonyl (C=O) groups excluding carboxylic acids is 1. The number of para-hydroxylation sites is 1. The van der Waals surface area contributed by atoms with E-state index in [2.05, 4.69) is 4.90 Å². The molecule has 5 nitrogen and oxygen atoms in total. The summed E-state index contributed by atoms with van der Waals surface area (Å²) in [5.74, 6) is 1.74. The Morgan fingerprint density at radius 3 is 2.74 bits per heavy atom. The second kappa shape index (κ2) is 8.19. The molecule has 0 N–H and O–H groups in total. The molecule has 0 spiro atoms. The summed E-state index contributed by atoms with van der Waals surface area (Å²) in [6.45, 7) is 5.29. The first-order valence-electron chi connectivity index (χ1n) is 9.35. The van der Waals surface area contributed by atoms with E-state index in [-0.39, 0.29) is 5.91 Å². The van der Waals surface area contributed by atoms with Crippen LogP contribution in [0.1, 0.15) is 15.9 Å². The molecule has 2 aromatic carbocycles. The number of hydrogen-bond acceptors (Lipinski definition) is 4. The Morgan fingerprint density at radius 2 is 1.93 bits per heavy atom. The van der Waals surface area contributed by atoms with Gasteiger partial charge in [-0.25, -0.2) is 0 Å². The van der Waals surface area contributed by atoms with E-state index >= 15 is 0 Å². The van der Waals surface area contributed by atoms with Crippen LogP contribution in [0, 0.1) is 0 Å². The first kappa shape index (κ1) is 18.1. The topological polar surface area (TPSA) is 42.0 Å². The lowest BCUT2D eigenvalue weighted by Gasteiger charge is -2.34. The Labute approximate surface area is 164 Å². The normalized spacial score (nSPS) is 16.7. The zero-order valence-corrected chi connectivity index (χ0v) is 16.0. The van der Waals surface area contributed by atoms with Crippen molar-refractivity contribution in [1.29, 1.82) is 0 Å². The Morgan fingerprint density at radius 1 is 1.11 bits per heavy atom. The van der Waals surface area contributed by atoms with Gasteiger partial charge in [-0.1, -0.05) is 23.7 Å². The van der Waals surface area contributed by atoms with Gasteiger partial charge < -0.3 is 14.4 Å². The molecule has 0 saturated carbocycles. The van der Waals surface area contributed by atoms with Crippen molar-refractivity contribution in [3.63, 3.8) is 0 Å². The lowest BCUT2D eigenvalue weighted by Crippen LogP contribution is -2.49. The molecule has 27 heavy (non-hydrogen) atoms. The van der Waals surface area contributed by atoms with Crippen LogP contribution in [0.25, 0.3) is 0 Å². The van der Waals surface area contributed by atoms with Crippen molar-refractivity contribution in [2.24, 2.45) is 0 Å². The number of carbonyl (C=O) groups is 1. The van der Waals surface area contributed by atoms with Crippen molar-refractivity contribution in [2.45, 2.75) is 6.42 Å². The first-order chi connectivity index (χ1) is 13.2. The lowest BCUT2D eigenvalue weighted by atomic mass is 10.1. The number of ether oxygens (including phenoxy) is 2. The molecule has 4 rings (SSSR count). The molecule has 1 amide bonds. The molecule has 6 heteroatoms. The minimum absolute atomic E-state index is 0.108. The maximum absolute atomic E-state index is 12.8. The molecule has 0 aromatic heterocycles. The molecule has 1 saturated heterocycles. The zero-order valence-electron chi connectivity index (χ0n) is 15.2. The molecule has 0 bridgehead atoms. The zero-order chi connectivity index (χ0) is 18.6. The van der Waals surface area contributed by atoms with Crippen molar-refractivity contribution >= 4 is 17.5 Å². The number of halogens is 1. The fraction of sp³-hybridized carbons (Fsp3) is 0.381. The smallest absolute Gasteiger partial charge is 0.253 e. The number of rotatable bonds is 5. The van der Waals surface area contributed by atoms with Crippen LogP contribution in [0.15, 0.2) is 42.5 Å². The highest BCUT2D eigenvalue weighted by Gasteiger charge is 2.23. The van der Waals surface area contributed by atoms with Crippen LogP contribution in [0.5, 0.6) is 11.5 Å². The summed E-state index contributed by atoms with van der Waals surface area (Å²) in [6.07, 6.45) is 0.885. The fourth-order valence-corrected chi connectivity index (χ4v) is 3.71. The molecule has 0 radical (unpaired) electrons. The standard InChI is InChI=1S/C21H23ClN2O3/c22-18-3-1-2-4-20(18)27-14-12-23-8-10-24(11-9-23)21(25)17-5-6-19-16(15-17)7-13-26-19/h1-6,15H,7-14H2. The summed E-state index contributed by atoms with van der Waals surface area (Å²) in [6, 6.07) is 13.3. The molecular weight excluding hydrogens is 364 g/mol. The van der Waals surface area contributed by atoms with Crippen LogP contribution in [0.4, 0.5) is 0 Å². The largest absolute Gasteiger partial charge is 0.493 e. The Hall–Kier alpha value is -2.24. The number of piperazine rings is 1. The summed E-state index contributed by atoms with van der Waals surface area (Å²) in [5.41, 5.74) is 1.89. The highest BCUT2D eigenvalue weighted by molar-refractivity contribution is 6.32. The van der Waals surface area contributed by atoms with Gasteiger partial charge in [-0.2, -0.15) is 0 Å². The first-order valence-corrected chi connectivity index (χ1v) is 9.73. The number of nitrogens with zero attached hydrogens (tertiary/aromatic N) is 2. The fourth-order valence-electron chi connectivity index (χ4n) is 3.52. The monoisotopic (exact) mass is 386 g/mol. The van der Waals surface area contributed by atoms with E-state index in [0.29, 0.717) is 24.0 Å². The van der Waals surface area contributed by atoms with E-state index in [1.165, 1.54) is 0 Å². The molecule has 2 heterocycles. The van der Waals surface area contributed by atoms with Gasteiger partial charge in [0.1, 0.15) is 18.1 Å². The predicted molar refractivity (Wildman–Crippen MR) is 105 cm³/mol. The highest BCUT2D eigenvalue weighted by Crippen LogP contribution is 2.26. The average molecular weight is 387 g/mol. The SMILES string of the molecule is O=C(c1ccc2c(c1)CCO2)N1CCN(CCOc2ccccc2Cl)CC1. The summed E-state index contributed by atoms with van der Waals surface area (Å²) in [4.78, 5) is 17.0. The van der Waals surface area contributed by atoms with Gasteiger partial charge in [0.25, 0.3) is 5.91 Å². The molecular formula is C21H23ClN2O3. The van der Waals surface area contributed by atoms with Crippen LogP contribution in [0.3, 0.4) is 0 Å². The third-order valence-corrected chi connectivity index (χ3v) is 5.41. The van der Waals surface area contributed by atoms with Crippen molar-refractivity contribution in [3.8, 4) is 11.5 Å². The van der Waals surface area contributed by atoms with Crippen LogP contribution in [-0.2, 0) is 6.42 Å². The second-order valence-corrected chi connectivity index (χ2v) is 7.24. The average Bonchev–Trinajstić information content (AvgIpc) is 3.17. The van der Waals surface area contributed by atoms with Crippen molar-refractivity contribution < 1.29 is 14.3 Å². The van der Waals surface area contributed by atoms with E-state index in [9.17, 15) is 4.79 Å². The molecule has 2 aromatic rings. The van der Waals surface area contributed by atoms with E-state index < -0.39 is 0 Å². The maximum atomic E-state index is 12.8. The molecule has 0 aliphatic carbocycles. The van der Waals surface area contributed by atoms with Crippen LogP contribution >= 0.6 is 11.6 Å². The maximum Gasteiger partial charge on any atom is 0.253 e. The molecule has 2 aliphatic heterocycles. The molecule has 1 fully saturated rings. The van der Waals surface area contributed by atoms with E-state index in [4.69, 9.17) is 21.1 Å². The van der Waals surface area contributed by atoms with Crippen LogP contribution in [0.2, 0.25) is 5.02 Å². The van der Waals surface area contributed by atoms with E-state index in [0.717, 1.165) is 56.0 Å². The molecule has 142 valence electrons. The predicted octanol–water partition coefficient (Wildman–Crippen LogP) is 3.11. The number of hydrogen-bond donors (Lipinski definition) is 0. The Bertz CT molecular complexity index is 819. The quantitative estimate of drug-likeness (QED) is 0.791. The van der Waals surface area contributed by atoms with Crippen LogP contribution in [-0.4, -0.2) is 61.6 Å². The van der Waals surface area contributed by atoms with E-state index in [1.807, 2.05) is 47.4 Å². The minimum atomic E-state index is 0.108. The Balaban J connectivity index is 1.25. The third-order valence-electron chi connectivity index (χ3n) is 5.10. The van der Waals surface area contributed by atoms with Crippen molar-refractivity contribution in [3.05, 3.63) is 58.6 Å². The van der Waals surface area contributed by atoms with Gasteiger partial charge >= 0.3 is 0 Å².